The second-order valence-corrected chi connectivity index (χ2v) is 9.53. The molecule has 0 saturated carbocycles. The maximum atomic E-state index is 4.00. The molecule has 0 bridgehead atoms. The molecule has 1 rings (SSSR count). The highest BCUT2D eigenvalue weighted by atomic mass is 28.3. The number of hydrogen-bond acceptors (Lipinski definition) is 2. The minimum atomic E-state index is -1.03. The molecule has 4 heteroatoms. The van der Waals surface area contributed by atoms with E-state index in [0.29, 0.717) is 0 Å². The Morgan fingerprint density at radius 2 is 2.09 bits per heavy atom. The summed E-state index contributed by atoms with van der Waals surface area (Å²) in [6.45, 7) is 9.02. The van der Waals surface area contributed by atoms with E-state index in [-0.39, 0.29) is 0 Å². The Morgan fingerprint density at radius 3 is 2.45 bits per heavy atom. The first-order chi connectivity index (χ1) is 4.99. The van der Waals surface area contributed by atoms with E-state index in [0.717, 1.165) is 11.9 Å². The Kier molecular flexibility index (Phi) is 2.13. The van der Waals surface area contributed by atoms with Crippen LogP contribution >= 0.6 is 0 Å². The maximum Gasteiger partial charge on any atom is 0.0722 e. The minimum Gasteiger partial charge on any atom is -0.253 e. The van der Waals surface area contributed by atoms with Gasteiger partial charge in [0.05, 0.1) is 20.0 Å². The number of hydrogen-bond donors (Lipinski definition) is 0. The Hall–Kier alpha value is -0.643. The summed E-state index contributed by atoms with van der Waals surface area (Å²) >= 11 is 0. The summed E-state index contributed by atoms with van der Waals surface area (Å²) in [5.41, 5.74) is 1.16. The van der Waals surface area contributed by atoms with Gasteiger partial charge in [-0.1, -0.05) is 24.9 Å². The van der Waals surface area contributed by atoms with Gasteiger partial charge in [-0.2, -0.15) is 0 Å². The van der Waals surface area contributed by atoms with Crippen LogP contribution in [0.25, 0.3) is 0 Å². The fourth-order valence-electron chi connectivity index (χ4n) is 0.915. The van der Waals surface area contributed by atoms with Gasteiger partial charge in [0.25, 0.3) is 0 Å². The van der Waals surface area contributed by atoms with Crippen LogP contribution in [0.2, 0.25) is 19.6 Å². The molecule has 3 nitrogen and oxygen atoms in total. The average Bonchev–Trinajstić information content (AvgIpc) is 2.12. The summed E-state index contributed by atoms with van der Waals surface area (Å²) in [5, 5.41) is 7.84. The first kappa shape index (κ1) is 8.45. The van der Waals surface area contributed by atoms with Crippen LogP contribution in [0.3, 0.4) is 0 Å². The van der Waals surface area contributed by atoms with Crippen molar-refractivity contribution in [1.29, 1.82) is 0 Å². The van der Waals surface area contributed by atoms with Crippen molar-refractivity contribution in [3.8, 4) is 0 Å². The van der Waals surface area contributed by atoms with Crippen molar-refractivity contribution in [2.24, 2.45) is 0 Å². The molecular formula is C7H15N3Si. The molecule has 0 spiro atoms. The molecule has 1 aromatic heterocycles. The highest BCUT2D eigenvalue weighted by Crippen LogP contribution is 2.05. The predicted molar refractivity (Wildman–Crippen MR) is 48.1 cm³/mol. The molecule has 0 saturated heterocycles. The lowest BCUT2D eigenvalue weighted by molar-refractivity contribution is 0.663. The first-order valence-electron chi connectivity index (χ1n) is 3.84. The smallest absolute Gasteiger partial charge is 0.0722 e. The van der Waals surface area contributed by atoms with Gasteiger partial charge in [-0.05, 0) is 6.92 Å². The average molecular weight is 169 g/mol. The van der Waals surface area contributed by atoms with Crippen LogP contribution in [0, 0.1) is 6.92 Å². The number of aryl methyl sites for hydroxylation is 1. The SMILES string of the molecule is Cc1cnnn1C[Si](C)(C)C. The van der Waals surface area contributed by atoms with Gasteiger partial charge in [0.1, 0.15) is 0 Å². The lowest BCUT2D eigenvalue weighted by Gasteiger charge is -2.15. The lowest BCUT2D eigenvalue weighted by Crippen LogP contribution is -2.29. The molecule has 0 amide bonds. The molecule has 0 aromatic carbocycles. The Bertz CT molecular complexity index is 236. The molecule has 0 fully saturated rings. The highest BCUT2D eigenvalue weighted by Gasteiger charge is 2.15. The third-order valence-electron chi connectivity index (χ3n) is 1.44. The zero-order chi connectivity index (χ0) is 8.48. The summed E-state index contributed by atoms with van der Waals surface area (Å²) < 4.78 is 1.99. The fraction of sp³-hybridized carbons (Fsp3) is 0.714. The second kappa shape index (κ2) is 2.77. The third kappa shape index (κ3) is 2.46. The van der Waals surface area contributed by atoms with Gasteiger partial charge in [0, 0.05) is 6.17 Å². The molecule has 0 N–H and O–H groups in total. The zero-order valence-electron chi connectivity index (χ0n) is 7.63. The maximum absolute atomic E-state index is 4.00. The normalized spacial score (nSPS) is 12.0. The summed E-state index contributed by atoms with van der Waals surface area (Å²) in [7, 11) is -1.03. The summed E-state index contributed by atoms with van der Waals surface area (Å²) in [6, 6.07) is 0. The van der Waals surface area contributed by atoms with Gasteiger partial charge in [0.15, 0.2) is 0 Å². The van der Waals surface area contributed by atoms with Crippen molar-refractivity contribution in [3.05, 3.63) is 11.9 Å². The monoisotopic (exact) mass is 169 g/mol. The van der Waals surface area contributed by atoms with Crippen LogP contribution in [-0.4, -0.2) is 23.1 Å². The van der Waals surface area contributed by atoms with Gasteiger partial charge in [-0.15, -0.1) is 5.10 Å². The van der Waals surface area contributed by atoms with E-state index in [4.69, 9.17) is 0 Å². The van der Waals surface area contributed by atoms with Crippen molar-refractivity contribution in [1.82, 2.24) is 15.0 Å². The highest BCUT2D eigenvalue weighted by molar-refractivity contribution is 6.74. The number of rotatable bonds is 2. The van der Waals surface area contributed by atoms with Crippen molar-refractivity contribution in [3.63, 3.8) is 0 Å². The van der Waals surface area contributed by atoms with E-state index < -0.39 is 8.07 Å². The van der Waals surface area contributed by atoms with Gasteiger partial charge in [-0.25, -0.2) is 0 Å². The summed E-state index contributed by atoms with van der Waals surface area (Å²) in [5.74, 6) is 0. The van der Waals surface area contributed by atoms with Crippen molar-refractivity contribution in [2.45, 2.75) is 32.7 Å². The van der Waals surface area contributed by atoms with Crippen molar-refractivity contribution >= 4 is 8.07 Å². The minimum absolute atomic E-state index is 1.03. The Balaban J connectivity index is 2.72. The molecule has 0 aliphatic heterocycles. The summed E-state index contributed by atoms with van der Waals surface area (Å²) in [6.07, 6.45) is 2.87. The molecule has 11 heavy (non-hydrogen) atoms. The van der Waals surface area contributed by atoms with Gasteiger partial charge in [-0.3, -0.25) is 4.68 Å². The largest absolute Gasteiger partial charge is 0.253 e. The van der Waals surface area contributed by atoms with Gasteiger partial charge < -0.3 is 0 Å². The topological polar surface area (TPSA) is 30.7 Å². The van der Waals surface area contributed by atoms with Crippen LogP contribution < -0.4 is 0 Å². The van der Waals surface area contributed by atoms with Crippen LogP contribution in [0.4, 0.5) is 0 Å². The van der Waals surface area contributed by atoms with E-state index in [9.17, 15) is 0 Å². The van der Waals surface area contributed by atoms with Crippen molar-refractivity contribution in [2.75, 3.05) is 0 Å². The molecule has 0 aliphatic rings. The van der Waals surface area contributed by atoms with Crippen LogP contribution in [0.5, 0.6) is 0 Å². The predicted octanol–water partition coefficient (Wildman–Crippen LogP) is 1.46. The molecule has 0 unspecified atom stereocenters. The molecule has 1 aromatic rings. The van der Waals surface area contributed by atoms with Crippen LogP contribution in [-0.2, 0) is 6.17 Å². The van der Waals surface area contributed by atoms with E-state index in [1.54, 1.807) is 6.20 Å². The summed E-state index contributed by atoms with van der Waals surface area (Å²) in [4.78, 5) is 0. The quantitative estimate of drug-likeness (QED) is 0.628. The van der Waals surface area contributed by atoms with Gasteiger partial charge >= 0.3 is 0 Å². The molecule has 0 radical (unpaired) electrons. The van der Waals surface area contributed by atoms with E-state index in [1.165, 1.54) is 0 Å². The molecular weight excluding hydrogens is 154 g/mol. The third-order valence-corrected chi connectivity index (χ3v) is 2.68. The molecule has 62 valence electrons. The first-order valence-corrected chi connectivity index (χ1v) is 7.55. The van der Waals surface area contributed by atoms with E-state index in [1.807, 2.05) is 11.6 Å². The van der Waals surface area contributed by atoms with Crippen LogP contribution in [0.15, 0.2) is 6.20 Å². The van der Waals surface area contributed by atoms with Crippen molar-refractivity contribution < 1.29 is 0 Å². The lowest BCUT2D eigenvalue weighted by atomic mass is 10.6. The molecule has 1 heterocycles. The molecule has 0 atom stereocenters. The second-order valence-electron chi connectivity index (χ2n) is 4.09. The van der Waals surface area contributed by atoms with Crippen LogP contribution in [0.1, 0.15) is 5.69 Å². The Morgan fingerprint density at radius 1 is 1.45 bits per heavy atom. The van der Waals surface area contributed by atoms with E-state index in [2.05, 4.69) is 30.0 Å². The number of aromatic nitrogens is 3. The zero-order valence-corrected chi connectivity index (χ0v) is 8.63. The number of nitrogens with zero attached hydrogens (tertiary/aromatic N) is 3. The van der Waals surface area contributed by atoms with E-state index >= 15 is 0 Å². The molecule has 0 aliphatic carbocycles. The van der Waals surface area contributed by atoms with Gasteiger partial charge in [0.2, 0.25) is 0 Å². The Labute approximate surface area is 68.4 Å². The fourth-order valence-corrected chi connectivity index (χ4v) is 2.13. The standard InChI is InChI=1S/C7H15N3Si/c1-7-5-8-9-10(7)6-11(2,3)4/h5H,6H2,1-4H3.